The highest BCUT2D eigenvalue weighted by Gasteiger charge is 2.00. The van der Waals surface area contributed by atoms with Crippen molar-refractivity contribution in [2.75, 3.05) is 0 Å². The Kier molecular flexibility index (Phi) is 0.783. The second-order valence-electron chi connectivity index (χ2n) is 1.50. The topological polar surface area (TPSA) is 24.4 Å². The van der Waals surface area contributed by atoms with Crippen LogP contribution in [0.5, 0.6) is 0 Å². The van der Waals surface area contributed by atoms with Crippen LogP contribution < -0.4 is 5.43 Å². The minimum absolute atomic E-state index is 0.519. The van der Waals surface area contributed by atoms with Crippen molar-refractivity contribution < 1.29 is 0 Å². The fourth-order valence-corrected chi connectivity index (χ4v) is 0.384. The van der Waals surface area contributed by atoms with E-state index < -0.39 is 0 Å². The van der Waals surface area contributed by atoms with Gasteiger partial charge in [0.1, 0.15) is 0 Å². The molecule has 0 fully saturated rings. The van der Waals surface area contributed by atoms with Crippen molar-refractivity contribution in [2.24, 2.45) is 5.10 Å². The number of hydrazone groups is 1. The van der Waals surface area contributed by atoms with Crippen LogP contribution in [0.3, 0.4) is 0 Å². The second kappa shape index (κ2) is 1.29. The Bertz CT molecular complexity index is 59.9. The van der Waals surface area contributed by atoms with Crippen LogP contribution in [0, 0.1) is 0 Å². The quantitative estimate of drug-likeness (QED) is 0.445. The largest absolute Gasteiger partial charge is 0.307 e. The highest BCUT2D eigenvalue weighted by Crippen LogP contribution is 1.91. The number of hydrogen-bond acceptors (Lipinski definition) is 2. The Morgan fingerprint density at radius 1 is 2.00 bits per heavy atom. The van der Waals surface area contributed by atoms with Crippen molar-refractivity contribution in [2.45, 2.75) is 19.4 Å². The fraction of sp³-hybridized carbons (Fsp3) is 0.750. The molecule has 1 aliphatic heterocycles. The number of nitrogens with one attached hydrogen (secondary N) is 1. The van der Waals surface area contributed by atoms with Gasteiger partial charge in [-0.15, -0.1) is 0 Å². The van der Waals surface area contributed by atoms with Crippen LogP contribution >= 0.6 is 0 Å². The van der Waals surface area contributed by atoms with E-state index >= 15 is 0 Å². The molecular formula is C4H7N2. The summed E-state index contributed by atoms with van der Waals surface area (Å²) in [7, 11) is 0. The molecule has 1 N–H and O–H groups in total. The molecule has 0 aromatic carbocycles. The number of rotatable bonds is 0. The minimum Gasteiger partial charge on any atom is -0.307 e. The summed E-state index contributed by atoms with van der Waals surface area (Å²) in [4.78, 5) is 0. The molecule has 0 spiro atoms. The molecule has 0 aromatic heterocycles. The average molecular weight is 83.1 g/mol. The van der Waals surface area contributed by atoms with Crippen LogP contribution in [-0.4, -0.2) is 12.3 Å². The summed E-state index contributed by atoms with van der Waals surface area (Å²) in [5.41, 5.74) is 2.83. The van der Waals surface area contributed by atoms with Gasteiger partial charge in [0.2, 0.25) is 0 Å². The third kappa shape index (κ3) is 0.506. The lowest BCUT2D eigenvalue weighted by Crippen LogP contribution is -2.12. The maximum atomic E-state index is 3.66. The maximum absolute atomic E-state index is 3.66. The summed E-state index contributed by atoms with van der Waals surface area (Å²) in [5, 5.41) is 3.66. The second-order valence-corrected chi connectivity index (χ2v) is 1.50. The third-order valence-corrected chi connectivity index (χ3v) is 0.761. The summed E-state index contributed by atoms with van der Waals surface area (Å²) in [6.07, 6.45) is 3.74. The monoisotopic (exact) mass is 83.1 g/mol. The van der Waals surface area contributed by atoms with Crippen molar-refractivity contribution in [1.82, 2.24) is 5.43 Å². The van der Waals surface area contributed by atoms with Gasteiger partial charge in [-0.1, -0.05) is 0 Å². The van der Waals surface area contributed by atoms with E-state index in [0.717, 1.165) is 6.42 Å². The van der Waals surface area contributed by atoms with E-state index in [1.54, 1.807) is 0 Å². The van der Waals surface area contributed by atoms with Crippen LogP contribution in [0.15, 0.2) is 5.10 Å². The van der Waals surface area contributed by atoms with Gasteiger partial charge in [0.05, 0.1) is 6.21 Å². The molecule has 1 atom stereocenters. The van der Waals surface area contributed by atoms with Crippen LogP contribution in [0.2, 0.25) is 0 Å². The van der Waals surface area contributed by atoms with Crippen molar-refractivity contribution >= 4 is 6.21 Å². The molecule has 2 nitrogen and oxygen atoms in total. The first-order chi connectivity index (χ1) is 2.89. The smallest absolute Gasteiger partial charge is 0.0856 e. The lowest BCUT2D eigenvalue weighted by molar-refractivity contribution is 0.636. The first-order valence-corrected chi connectivity index (χ1v) is 2.08. The van der Waals surface area contributed by atoms with E-state index in [0.29, 0.717) is 6.04 Å². The molecule has 33 valence electrons. The van der Waals surface area contributed by atoms with Crippen LogP contribution in [0.25, 0.3) is 0 Å². The van der Waals surface area contributed by atoms with Crippen molar-refractivity contribution in [3.05, 3.63) is 0 Å². The summed E-state index contributed by atoms with van der Waals surface area (Å²) in [5.74, 6) is 0. The van der Waals surface area contributed by atoms with Crippen LogP contribution in [-0.2, 0) is 0 Å². The molecule has 2 heteroatoms. The molecule has 1 radical (unpaired) electrons. The Morgan fingerprint density at radius 3 is 3.00 bits per heavy atom. The third-order valence-electron chi connectivity index (χ3n) is 0.761. The molecule has 0 aromatic rings. The van der Waals surface area contributed by atoms with Gasteiger partial charge in [0, 0.05) is 12.5 Å². The van der Waals surface area contributed by atoms with E-state index in [2.05, 4.69) is 23.7 Å². The minimum atomic E-state index is 0.519. The number of hydrogen-bond donors (Lipinski definition) is 1. The highest BCUT2D eigenvalue weighted by atomic mass is 15.3. The Hall–Kier alpha value is -0.530. The van der Waals surface area contributed by atoms with Gasteiger partial charge in [-0.3, -0.25) is 0 Å². The zero-order valence-corrected chi connectivity index (χ0v) is 3.73. The van der Waals surface area contributed by atoms with Crippen LogP contribution in [0.1, 0.15) is 13.3 Å². The number of nitrogens with zero attached hydrogens (tertiary/aromatic N) is 1. The molecule has 0 amide bonds. The van der Waals surface area contributed by atoms with E-state index in [1.807, 2.05) is 0 Å². The van der Waals surface area contributed by atoms with Gasteiger partial charge in [0.15, 0.2) is 0 Å². The predicted octanol–water partition coefficient (Wildman–Crippen LogP) is 0.231. The first kappa shape index (κ1) is 3.65. The van der Waals surface area contributed by atoms with Gasteiger partial charge < -0.3 is 5.43 Å². The molecule has 0 aliphatic carbocycles. The van der Waals surface area contributed by atoms with Gasteiger partial charge in [0.25, 0.3) is 0 Å². The van der Waals surface area contributed by atoms with Gasteiger partial charge in [-0.05, 0) is 6.92 Å². The van der Waals surface area contributed by atoms with Gasteiger partial charge in [-0.25, -0.2) is 0 Å². The molecule has 1 heterocycles. The van der Waals surface area contributed by atoms with E-state index in [-0.39, 0.29) is 0 Å². The molecule has 0 saturated carbocycles. The van der Waals surface area contributed by atoms with Crippen molar-refractivity contribution in [3.8, 4) is 0 Å². The molecule has 6 heavy (non-hydrogen) atoms. The lowest BCUT2D eigenvalue weighted by atomic mass is 10.3. The Labute approximate surface area is 37.2 Å². The zero-order valence-electron chi connectivity index (χ0n) is 3.73. The standard InChI is InChI=1S/C4H7N2/c1-4-2-3-5-6-4/h4,6H,2H2,1H3. The Morgan fingerprint density at radius 2 is 2.83 bits per heavy atom. The molecule has 0 saturated heterocycles. The summed E-state index contributed by atoms with van der Waals surface area (Å²) < 4.78 is 0. The van der Waals surface area contributed by atoms with Crippen molar-refractivity contribution in [3.63, 3.8) is 0 Å². The molecule has 1 unspecified atom stereocenters. The van der Waals surface area contributed by atoms with Crippen molar-refractivity contribution in [1.29, 1.82) is 0 Å². The molecule has 1 rings (SSSR count). The fourth-order valence-electron chi connectivity index (χ4n) is 0.384. The molecule has 1 aliphatic rings. The zero-order chi connectivity index (χ0) is 4.41. The normalized spacial score (nSPS) is 30.5. The van der Waals surface area contributed by atoms with Gasteiger partial charge in [-0.2, -0.15) is 5.10 Å². The van der Waals surface area contributed by atoms with E-state index in [4.69, 9.17) is 0 Å². The summed E-state index contributed by atoms with van der Waals surface area (Å²) in [6, 6.07) is 0.519. The average Bonchev–Trinajstić information content (AvgIpc) is 1.86. The van der Waals surface area contributed by atoms with Crippen LogP contribution in [0.4, 0.5) is 0 Å². The Balaban J connectivity index is 2.32. The highest BCUT2D eigenvalue weighted by molar-refractivity contribution is 5.59. The summed E-state index contributed by atoms with van der Waals surface area (Å²) in [6.45, 7) is 2.07. The lowest BCUT2D eigenvalue weighted by Gasteiger charge is -1.94. The maximum Gasteiger partial charge on any atom is 0.0856 e. The summed E-state index contributed by atoms with van der Waals surface area (Å²) >= 11 is 0. The SMILES string of the molecule is CC1C[C]=NN1. The first-order valence-electron chi connectivity index (χ1n) is 2.08. The predicted molar refractivity (Wildman–Crippen MR) is 24.6 cm³/mol. The van der Waals surface area contributed by atoms with Gasteiger partial charge >= 0.3 is 0 Å². The molecule has 0 bridgehead atoms. The van der Waals surface area contributed by atoms with E-state index in [9.17, 15) is 0 Å². The van der Waals surface area contributed by atoms with E-state index in [1.165, 1.54) is 0 Å². The molecular weight excluding hydrogens is 76.1 g/mol.